The van der Waals surface area contributed by atoms with Crippen LogP contribution in [0.1, 0.15) is 16.2 Å². The largest absolute Gasteiger partial charge is 0.349 e. The smallest absolute Gasteiger partial charge is 0.271 e. The first-order valence-corrected chi connectivity index (χ1v) is 5.79. The quantitative estimate of drug-likeness (QED) is 0.871. The summed E-state index contributed by atoms with van der Waals surface area (Å²) in [7, 11) is 1.69. The fourth-order valence-corrected chi connectivity index (χ4v) is 1.84. The van der Waals surface area contributed by atoms with Crippen molar-refractivity contribution in [2.75, 3.05) is 6.54 Å². The summed E-state index contributed by atoms with van der Waals surface area (Å²) in [6.07, 6.45) is 3.32. The number of hydrogen-bond acceptors (Lipinski definition) is 4. The maximum Gasteiger partial charge on any atom is 0.271 e. The Labute approximate surface area is 109 Å². The highest BCUT2D eigenvalue weighted by Crippen LogP contribution is 2.18. The van der Waals surface area contributed by atoms with Crippen molar-refractivity contribution in [1.29, 1.82) is 0 Å². The molecule has 0 spiro atoms. The number of aromatic nitrogens is 5. The number of aryl methyl sites for hydroxylation is 2. The van der Waals surface area contributed by atoms with Gasteiger partial charge in [-0.05, 0) is 6.92 Å². The molecule has 0 aliphatic rings. The van der Waals surface area contributed by atoms with Gasteiger partial charge in [0, 0.05) is 19.8 Å². The van der Waals surface area contributed by atoms with Crippen molar-refractivity contribution in [2.24, 2.45) is 7.05 Å². The van der Waals surface area contributed by atoms with E-state index in [1.807, 2.05) is 0 Å². The Bertz CT molecular complexity index is 547. The van der Waals surface area contributed by atoms with E-state index in [-0.39, 0.29) is 5.91 Å². The maximum absolute atomic E-state index is 11.9. The summed E-state index contributed by atoms with van der Waals surface area (Å²) >= 11 is 6.02. The Kier molecular flexibility index (Phi) is 3.61. The van der Waals surface area contributed by atoms with E-state index >= 15 is 0 Å². The predicted octanol–water partition coefficient (Wildman–Crippen LogP) is 0.403. The molecule has 0 aliphatic carbocycles. The number of carbonyl (C=O) groups excluding carboxylic acids is 1. The van der Waals surface area contributed by atoms with Crippen molar-refractivity contribution in [1.82, 2.24) is 30.1 Å². The third-order valence-corrected chi connectivity index (χ3v) is 2.92. The van der Waals surface area contributed by atoms with Gasteiger partial charge in [-0.1, -0.05) is 16.8 Å². The Morgan fingerprint density at radius 3 is 2.89 bits per heavy atom. The zero-order chi connectivity index (χ0) is 13.1. The van der Waals surface area contributed by atoms with Gasteiger partial charge in [0.1, 0.15) is 5.69 Å². The van der Waals surface area contributed by atoms with E-state index < -0.39 is 0 Å². The number of rotatable bonds is 4. The first kappa shape index (κ1) is 12.6. The standard InChI is InChI=1S/C10H13ClN6O/c1-7-8(11)9(16(2)14-7)10(18)12-3-5-17-6-4-13-15-17/h4,6H,3,5H2,1-2H3,(H,12,18). The van der Waals surface area contributed by atoms with Crippen molar-refractivity contribution >= 4 is 17.5 Å². The van der Waals surface area contributed by atoms with Crippen LogP contribution in [0, 0.1) is 6.92 Å². The van der Waals surface area contributed by atoms with E-state index in [1.54, 1.807) is 31.0 Å². The number of nitrogens with zero attached hydrogens (tertiary/aromatic N) is 5. The van der Waals surface area contributed by atoms with Crippen molar-refractivity contribution in [3.63, 3.8) is 0 Å². The summed E-state index contributed by atoms with van der Waals surface area (Å²) in [6, 6.07) is 0. The summed E-state index contributed by atoms with van der Waals surface area (Å²) in [4.78, 5) is 11.9. The molecule has 0 radical (unpaired) electrons. The van der Waals surface area contributed by atoms with Gasteiger partial charge in [-0.25, -0.2) is 0 Å². The van der Waals surface area contributed by atoms with Crippen molar-refractivity contribution in [2.45, 2.75) is 13.5 Å². The monoisotopic (exact) mass is 268 g/mol. The molecule has 0 bridgehead atoms. The second-order valence-corrected chi connectivity index (χ2v) is 4.17. The minimum atomic E-state index is -0.247. The minimum absolute atomic E-state index is 0.247. The number of amides is 1. The van der Waals surface area contributed by atoms with Crippen LogP contribution in [0.4, 0.5) is 0 Å². The van der Waals surface area contributed by atoms with E-state index in [9.17, 15) is 4.79 Å². The molecule has 0 saturated carbocycles. The summed E-state index contributed by atoms with van der Waals surface area (Å²) in [5.74, 6) is -0.247. The van der Waals surface area contributed by atoms with Crippen LogP contribution in [-0.2, 0) is 13.6 Å². The zero-order valence-corrected chi connectivity index (χ0v) is 10.8. The third kappa shape index (κ3) is 2.51. The van der Waals surface area contributed by atoms with Crippen LogP contribution in [0.3, 0.4) is 0 Å². The topological polar surface area (TPSA) is 77.6 Å². The second kappa shape index (κ2) is 5.18. The molecule has 18 heavy (non-hydrogen) atoms. The normalized spacial score (nSPS) is 10.6. The molecule has 8 heteroatoms. The van der Waals surface area contributed by atoms with Gasteiger partial charge in [0.15, 0.2) is 0 Å². The lowest BCUT2D eigenvalue weighted by atomic mass is 10.3. The Morgan fingerprint density at radius 1 is 1.56 bits per heavy atom. The highest BCUT2D eigenvalue weighted by molar-refractivity contribution is 6.34. The first-order valence-electron chi connectivity index (χ1n) is 5.41. The maximum atomic E-state index is 11.9. The van der Waals surface area contributed by atoms with Crippen molar-refractivity contribution < 1.29 is 4.79 Å². The lowest BCUT2D eigenvalue weighted by molar-refractivity contribution is 0.0942. The molecule has 0 unspecified atom stereocenters. The molecule has 96 valence electrons. The fraction of sp³-hybridized carbons (Fsp3) is 0.400. The molecule has 0 aliphatic heterocycles. The van der Waals surface area contributed by atoms with Crippen molar-refractivity contribution in [3.8, 4) is 0 Å². The molecule has 0 aromatic carbocycles. The van der Waals surface area contributed by atoms with Gasteiger partial charge in [-0.2, -0.15) is 5.10 Å². The van der Waals surface area contributed by atoms with E-state index in [1.165, 1.54) is 4.68 Å². The van der Waals surface area contributed by atoms with Gasteiger partial charge >= 0.3 is 0 Å². The van der Waals surface area contributed by atoms with E-state index in [2.05, 4.69) is 20.7 Å². The first-order chi connectivity index (χ1) is 8.59. The van der Waals surface area contributed by atoms with Crippen LogP contribution >= 0.6 is 11.6 Å². The van der Waals surface area contributed by atoms with Crippen LogP contribution in [0.2, 0.25) is 5.02 Å². The number of carbonyl (C=O) groups is 1. The molecule has 1 amide bonds. The molecular weight excluding hydrogens is 256 g/mol. The minimum Gasteiger partial charge on any atom is -0.349 e. The fourth-order valence-electron chi connectivity index (χ4n) is 1.60. The molecule has 0 fully saturated rings. The van der Waals surface area contributed by atoms with E-state index in [0.29, 0.717) is 29.5 Å². The number of hydrogen-bond donors (Lipinski definition) is 1. The van der Waals surface area contributed by atoms with Crippen LogP contribution in [-0.4, -0.2) is 37.2 Å². The third-order valence-electron chi connectivity index (χ3n) is 2.46. The molecule has 7 nitrogen and oxygen atoms in total. The Balaban J connectivity index is 1.95. The average Bonchev–Trinajstić information content (AvgIpc) is 2.89. The highest BCUT2D eigenvalue weighted by atomic mass is 35.5. The summed E-state index contributed by atoms with van der Waals surface area (Å²) in [5.41, 5.74) is 1.01. The zero-order valence-electron chi connectivity index (χ0n) is 10.1. The molecule has 0 atom stereocenters. The highest BCUT2D eigenvalue weighted by Gasteiger charge is 2.17. The molecule has 2 rings (SSSR count). The van der Waals surface area contributed by atoms with Crippen LogP contribution in [0.5, 0.6) is 0 Å². The average molecular weight is 269 g/mol. The van der Waals surface area contributed by atoms with Crippen molar-refractivity contribution in [3.05, 3.63) is 28.8 Å². The second-order valence-electron chi connectivity index (χ2n) is 3.79. The SMILES string of the molecule is Cc1nn(C)c(C(=O)NCCn2ccnn2)c1Cl. The Hall–Kier alpha value is -1.89. The van der Waals surface area contributed by atoms with Crippen LogP contribution in [0.15, 0.2) is 12.4 Å². The summed E-state index contributed by atoms with van der Waals surface area (Å²) in [6.45, 7) is 2.76. The van der Waals surface area contributed by atoms with Gasteiger partial charge in [0.05, 0.1) is 23.5 Å². The summed E-state index contributed by atoms with van der Waals surface area (Å²) in [5, 5.41) is 14.7. The molecule has 2 aromatic rings. The number of halogens is 1. The van der Waals surface area contributed by atoms with Gasteiger partial charge in [-0.3, -0.25) is 14.2 Å². The molecule has 2 heterocycles. The van der Waals surface area contributed by atoms with Crippen LogP contribution in [0.25, 0.3) is 0 Å². The lowest BCUT2D eigenvalue weighted by Crippen LogP contribution is -2.29. The van der Waals surface area contributed by atoms with Gasteiger partial charge in [0.2, 0.25) is 0 Å². The number of nitrogens with one attached hydrogen (secondary N) is 1. The van der Waals surface area contributed by atoms with Gasteiger partial charge in [0.25, 0.3) is 5.91 Å². The van der Waals surface area contributed by atoms with E-state index in [0.717, 1.165) is 0 Å². The van der Waals surface area contributed by atoms with Gasteiger partial charge in [-0.15, -0.1) is 5.10 Å². The lowest BCUT2D eigenvalue weighted by Gasteiger charge is -2.05. The molecule has 0 saturated heterocycles. The van der Waals surface area contributed by atoms with Gasteiger partial charge < -0.3 is 5.32 Å². The van der Waals surface area contributed by atoms with E-state index in [4.69, 9.17) is 11.6 Å². The predicted molar refractivity (Wildman–Crippen MR) is 65.3 cm³/mol. The van der Waals surface area contributed by atoms with Crippen LogP contribution < -0.4 is 5.32 Å². The summed E-state index contributed by atoms with van der Waals surface area (Å²) < 4.78 is 3.11. The molecular formula is C10H13ClN6O. The molecule has 2 aromatic heterocycles. The molecule has 1 N–H and O–H groups in total. The Morgan fingerprint density at radius 2 is 2.33 bits per heavy atom.